The SMILES string of the molecule is COc1ccc([Si](C)(C)[C@H]2[C@H](CC(=O)N3Cc4ccccc4C[C@H]3CO)O[C@@]3(C(=O)N(Cc4ccc(N5C(=O)c6ccccc6Oc6ccccc65)cc4)c4ccccc43)[C@@H]2C)cc1. The smallest absolute Gasteiger partial charge is 0.266 e. The second kappa shape index (κ2) is 16.2. The quantitative estimate of drug-likeness (QED) is 0.145. The van der Waals surface area contributed by atoms with Gasteiger partial charge in [0, 0.05) is 23.7 Å². The molecule has 1 spiro atoms. The third-order valence-corrected chi connectivity index (χ3v) is 18.5. The zero-order valence-electron chi connectivity index (χ0n) is 36.4. The van der Waals surface area contributed by atoms with Crippen molar-refractivity contribution in [3.8, 4) is 17.2 Å². The van der Waals surface area contributed by atoms with E-state index in [0.29, 0.717) is 41.4 Å². The molecule has 11 heteroatoms. The molecule has 0 bridgehead atoms. The predicted octanol–water partition coefficient (Wildman–Crippen LogP) is 8.88. The van der Waals surface area contributed by atoms with E-state index in [1.54, 1.807) is 24.1 Å². The molecule has 324 valence electrons. The highest BCUT2D eigenvalue weighted by Gasteiger charge is 2.66. The van der Waals surface area contributed by atoms with Gasteiger partial charge in [-0.1, -0.05) is 116 Å². The van der Waals surface area contributed by atoms with Gasteiger partial charge in [-0.2, -0.15) is 0 Å². The first-order valence-electron chi connectivity index (χ1n) is 22.0. The van der Waals surface area contributed by atoms with Crippen molar-refractivity contribution in [2.24, 2.45) is 5.92 Å². The number of nitrogens with zero attached hydrogens (tertiary/aromatic N) is 3. The minimum absolute atomic E-state index is 0.0762. The fraction of sp³-hybridized carbons (Fsp3) is 0.264. The summed E-state index contributed by atoms with van der Waals surface area (Å²) in [6, 6.07) is 46.3. The molecule has 1 saturated heterocycles. The Balaban J connectivity index is 0.986. The maximum Gasteiger partial charge on any atom is 0.266 e. The van der Waals surface area contributed by atoms with Gasteiger partial charge < -0.3 is 29.1 Å². The van der Waals surface area contributed by atoms with Crippen LogP contribution in [0.2, 0.25) is 18.6 Å². The summed E-state index contributed by atoms with van der Waals surface area (Å²) in [5, 5.41) is 11.7. The number of ether oxygens (including phenoxy) is 3. The Morgan fingerprint density at radius 3 is 2.19 bits per heavy atom. The molecule has 64 heavy (non-hydrogen) atoms. The van der Waals surface area contributed by atoms with E-state index in [9.17, 15) is 14.7 Å². The number of methoxy groups -OCH3 is 1. The van der Waals surface area contributed by atoms with Crippen molar-refractivity contribution in [3.63, 3.8) is 0 Å². The number of rotatable bonds is 9. The number of carbonyl (C=O) groups excluding carboxylic acids is 3. The van der Waals surface area contributed by atoms with E-state index in [2.05, 4.69) is 38.2 Å². The number of amides is 3. The Morgan fingerprint density at radius 2 is 1.45 bits per heavy atom. The molecule has 3 amide bonds. The van der Waals surface area contributed by atoms with Crippen LogP contribution in [-0.2, 0) is 39.4 Å². The van der Waals surface area contributed by atoms with Gasteiger partial charge in [-0.05, 0) is 83.2 Å². The third kappa shape index (κ3) is 6.72. The van der Waals surface area contributed by atoms with E-state index < -0.39 is 19.8 Å². The van der Waals surface area contributed by atoms with Crippen LogP contribution in [0.4, 0.5) is 17.1 Å². The number of para-hydroxylation sites is 4. The second-order valence-corrected chi connectivity index (χ2v) is 22.7. The van der Waals surface area contributed by atoms with Gasteiger partial charge in [-0.15, -0.1) is 0 Å². The number of carbonyl (C=O) groups is 3. The molecule has 0 saturated carbocycles. The molecule has 4 aliphatic heterocycles. The van der Waals surface area contributed by atoms with Crippen molar-refractivity contribution in [1.29, 1.82) is 0 Å². The Hall–Kier alpha value is -6.53. The van der Waals surface area contributed by atoms with Gasteiger partial charge in [-0.3, -0.25) is 19.3 Å². The molecule has 10 rings (SSSR count). The Kier molecular flexibility index (Phi) is 10.5. The van der Waals surface area contributed by atoms with Crippen LogP contribution < -0.4 is 24.5 Å². The van der Waals surface area contributed by atoms with Crippen molar-refractivity contribution in [1.82, 2.24) is 4.90 Å². The predicted molar refractivity (Wildman–Crippen MR) is 249 cm³/mol. The lowest BCUT2D eigenvalue weighted by Gasteiger charge is -2.39. The summed E-state index contributed by atoms with van der Waals surface area (Å²) in [4.78, 5) is 49.6. The second-order valence-electron chi connectivity index (χ2n) is 18.0. The third-order valence-electron chi connectivity index (χ3n) is 14.2. The van der Waals surface area contributed by atoms with Crippen molar-refractivity contribution < 1.29 is 33.7 Å². The number of hydrogen-bond donors (Lipinski definition) is 1. The summed E-state index contributed by atoms with van der Waals surface area (Å²) < 4.78 is 19.1. The number of hydrogen-bond acceptors (Lipinski definition) is 7. The van der Waals surface area contributed by atoms with Crippen LogP contribution in [0.15, 0.2) is 146 Å². The molecule has 1 N–H and O–H groups in total. The van der Waals surface area contributed by atoms with E-state index in [1.807, 2.05) is 125 Å². The zero-order chi connectivity index (χ0) is 44.3. The molecule has 0 aromatic heterocycles. The molecular weight excluding hydrogens is 819 g/mol. The topological polar surface area (TPSA) is 109 Å². The average molecular weight is 870 g/mol. The minimum atomic E-state index is -2.54. The van der Waals surface area contributed by atoms with Crippen LogP contribution >= 0.6 is 0 Å². The highest BCUT2D eigenvalue weighted by Crippen LogP contribution is 2.60. The first-order valence-corrected chi connectivity index (χ1v) is 25.1. The summed E-state index contributed by atoms with van der Waals surface area (Å²) in [5.41, 5.74) is 4.94. The summed E-state index contributed by atoms with van der Waals surface area (Å²) in [7, 11) is -0.885. The van der Waals surface area contributed by atoms with Crippen LogP contribution in [-0.4, -0.2) is 61.7 Å². The van der Waals surface area contributed by atoms with Crippen molar-refractivity contribution in [2.45, 2.75) is 69.2 Å². The van der Waals surface area contributed by atoms with Gasteiger partial charge in [-0.25, -0.2) is 0 Å². The number of anilines is 3. The lowest BCUT2D eigenvalue weighted by molar-refractivity contribution is -0.151. The van der Waals surface area contributed by atoms with Gasteiger partial charge in [0.25, 0.3) is 11.8 Å². The Bertz CT molecular complexity index is 2780. The fourth-order valence-electron chi connectivity index (χ4n) is 11.0. The minimum Gasteiger partial charge on any atom is -0.497 e. The van der Waals surface area contributed by atoms with Crippen LogP contribution in [0, 0.1) is 5.92 Å². The lowest BCUT2D eigenvalue weighted by Crippen LogP contribution is -2.52. The molecular formula is C53H51N3O7Si. The van der Waals surface area contributed by atoms with Crippen LogP contribution in [0.1, 0.15) is 46.0 Å². The molecule has 6 aromatic carbocycles. The van der Waals surface area contributed by atoms with Crippen LogP contribution in [0.3, 0.4) is 0 Å². The highest BCUT2D eigenvalue weighted by molar-refractivity contribution is 6.91. The van der Waals surface area contributed by atoms with E-state index in [1.165, 1.54) is 5.19 Å². The van der Waals surface area contributed by atoms with E-state index in [4.69, 9.17) is 14.2 Å². The fourth-order valence-corrected chi connectivity index (χ4v) is 15.0. The monoisotopic (exact) mass is 869 g/mol. The maximum atomic E-state index is 15.5. The van der Waals surface area contributed by atoms with E-state index in [0.717, 1.165) is 33.7 Å². The van der Waals surface area contributed by atoms with Crippen molar-refractivity contribution >= 4 is 48.0 Å². The van der Waals surface area contributed by atoms with Gasteiger partial charge in [0.2, 0.25) is 5.91 Å². The summed E-state index contributed by atoms with van der Waals surface area (Å²) >= 11 is 0. The molecule has 1 fully saturated rings. The molecule has 10 nitrogen and oxygen atoms in total. The first kappa shape index (κ1) is 41.5. The van der Waals surface area contributed by atoms with Crippen LogP contribution in [0.5, 0.6) is 17.2 Å². The average Bonchev–Trinajstić information content (AvgIpc) is 3.69. The molecule has 0 aliphatic carbocycles. The van der Waals surface area contributed by atoms with Crippen molar-refractivity contribution in [3.05, 3.63) is 173 Å². The highest BCUT2D eigenvalue weighted by atomic mass is 28.3. The first-order chi connectivity index (χ1) is 31.0. The standard InChI is InChI=1S/C53H51N3O7Si/c1-34-50(64(3,4)41-27-25-40(61-2)26-28-41)48(30-49(58)54-32-37-14-6-5-13-36(37)29-39(54)33-57)63-53(34)43-16-8-9-17-44(43)55(52(53)60)31-35-21-23-38(24-22-35)56-45-18-10-12-20-47(45)62-46-19-11-7-15-42(46)51(56)59/h5-28,34,39,48,50,57H,29-33H2,1-4H3/t34-,39+,48+,50-,53+/m1/s1. The summed E-state index contributed by atoms with van der Waals surface area (Å²) in [5.74, 6) is 1.08. The Morgan fingerprint density at radius 1 is 0.797 bits per heavy atom. The van der Waals surface area contributed by atoms with Crippen LogP contribution in [0.25, 0.3) is 0 Å². The maximum absolute atomic E-state index is 15.5. The van der Waals surface area contributed by atoms with Crippen molar-refractivity contribution in [2.75, 3.05) is 23.5 Å². The van der Waals surface area contributed by atoms with Gasteiger partial charge in [0.15, 0.2) is 11.4 Å². The molecule has 0 unspecified atom stereocenters. The van der Waals surface area contributed by atoms with E-state index >= 15 is 4.79 Å². The van der Waals surface area contributed by atoms with Gasteiger partial charge in [0.05, 0.1) is 63.8 Å². The lowest BCUT2D eigenvalue weighted by atomic mass is 9.82. The number of aliphatic hydroxyl groups excluding tert-OH is 1. The zero-order valence-corrected chi connectivity index (χ0v) is 37.4. The summed E-state index contributed by atoms with van der Waals surface area (Å²) in [6.45, 7) is 7.28. The molecule has 6 aromatic rings. The molecule has 5 atom stereocenters. The largest absolute Gasteiger partial charge is 0.497 e. The van der Waals surface area contributed by atoms with Gasteiger partial charge in [0.1, 0.15) is 11.5 Å². The molecule has 0 radical (unpaired) electrons. The Labute approximate surface area is 374 Å². The number of aliphatic hydroxyl groups is 1. The number of fused-ring (bicyclic) bond motifs is 5. The molecule has 4 heterocycles. The number of benzene rings is 6. The summed E-state index contributed by atoms with van der Waals surface area (Å²) in [6.07, 6.45) is 0.0698. The van der Waals surface area contributed by atoms with Gasteiger partial charge >= 0.3 is 0 Å². The normalized spacial score (nSPS) is 22.4. The molecule has 4 aliphatic rings. The van der Waals surface area contributed by atoms with E-state index in [-0.39, 0.29) is 54.8 Å².